The lowest BCUT2D eigenvalue weighted by atomic mass is 10.0. The highest BCUT2D eigenvalue weighted by molar-refractivity contribution is 5.96. The number of carboxylic acid groups (broad SMARTS) is 3. The van der Waals surface area contributed by atoms with Crippen molar-refractivity contribution < 1.29 is 44.1 Å². The van der Waals surface area contributed by atoms with Crippen molar-refractivity contribution in [3.63, 3.8) is 0 Å². The van der Waals surface area contributed by atoms with E-state index >= 15 is 0 Å². The lowest BCUT2D eigenvalue weighted by Crippen LogP contribution is -2.59. The monoisotopic (exact) mass is 446 g/mol. The highest BCUT2D eigenvalue weighted by Gasteiger charge is 2.33. The number of hydrogen-bond donors (Lipinski definition) is 7. The summed E-state index contributed by atoms with van der Waals surface area (Å²) in [6, 6.07) is -5.60. The van der Waals surface area contributed by atoms with E-state index in [9.17, 15) is 33.9 Å². The molecule has 0 fully saturated rings. The Kier molecular flexibility index (Phi) is 11.2. The number of carbonyl (C=O) groups excluding carboxylic acids is 3. The minimum absolute atomic E-state index is 0.513. The van der Waals surface area contributed by atoms with Gasteiger partial charge in [-0.1, -0.05) is 27.7 Å². The van der Waals surface area contributed by atoms with Crippen LogP contribution in [0.3, 0.4) is 0 Å². The molecule has 3 amide bonds. The Morgan fingerprint density at radius 1 is 0.677 bits per heavy atom. The second kappa shape index (κ2) is 12.5. The highest BCUT2D eigenvalue weighted by atomic mass is 16.4. The van der Waals surface area contributed by atoms with Gasteiger partial charge < -0.3 is 37.0 Å². The second-order valence-corrected chi connectivity index (χ2v) is 7.66. The summed E-state index contributed by atoms with van der Waals surface area (Å²) in [5.74, 6) is -7.96. The van der Waals surface area contributed by atoms with Crippen molar-refractivity contribution in [1.29, 1.82) is 0 Å². The van der Waals surface area contributed by atoms with Crippen molar-refractivity contribution in [2.24, 2.45) is 17.6 Å². The topological polar surface area (TPSA) is 225 Å². The molecule has 0 bridgehead atoms. The van der Waals surface area contributed by atoms with Crippen molar-refractivity contribution in [1.82, 2.24) is 16.0 Å². The Morgan fingerprint density at radius 2 is 1.13 bits per heavy atom. The molecule has 0 saturated heterocycles. The minimum atomic E-state index is -1.61. The van der Waals surface area contributed by atoms with Crippen molar-refractivity contribution in [2.45, 2.75) is 64.7 Å². The molecule has 0 spiro atoms. The molecule has 13 nitrogen and oxygen atoms in total. The molecule has 0 aliphatic rings. The summed E-state index contributed by atoms with van der Waals surface area (Å²) in [6.45, 7) is 6.18. The molecular formula is C18H30N4O9. The third-order valence-electron chi connectivity index (χ3n) is 4.22. The minimum Gasteiger partial charge on any atom is -0.481 e. The standard InChI is InChI=1S/C18H30N4O9/c1-7(2)13(21-15(27)9(19)5-11(23)24)17(29)20-10(6-12(25)26)16(28)22-14(8(3)4)18(30)31/h7-10,13-14H,5-6,19H2,1-4H3,(H,20,29)(H,21,27)(H,22,28)(H,23,24)(H,25,26)(H,30,31). The molecule has 13 heteroatoms. The highest BCUT2D eigenvalue weighted by Crippen LogP contribution is 2.07. The Balaban J connectivity index is 5.46. The van der Waals surface area contributed by atoms with E-state index in [1.807, 2.05) is 0 Å². The van der Waals surface area contributed by atoms with Gasteiger partial charge in [-0.25, -0.2) is 4.79 Å². The van der Waals surface area contributed by atoms with E-state index in [0.29, 0.717) is 0 Å². The van der Waals surface area contributed by atoms with Crippen LogP contribution >= 0.6 is 0 Å². The lowest BCUT2D eigenvalue weighted by molar-refractivity contribution is -0.144. The van der Waals surface area contributed by atoms with Crippen molar-refractivity contribution in [3.8, 4) is 0 Å². The van der Waals surface area contributed by atoms with Gasteiger partial charge in [0, 0.05) is 0 Å². The van der Waals surface area contributed by atoms with E-state index in [-0.39, 0.29) is 0 Å². The molecular weight excluding hydrogens is 416 g/mol. The molecule has 8 N–H and O–H groups in total. The number of nitrogens with two attached hydrogens (primary N) is 1. The van der Waals surface area contributed by atoms with Gasteiger partial charge in [0.25, 0.3) is 0 Å². The Bertz CT molecular complexity index is 708. The molecule has 4 atom stereocenters. The molecule has 0 aliphatic carbocycles. The molecule has 0 rings (SSSR count). The average Bonchev–Trinajstić information content (AvgIpc) is 2.60. The summed E-state index contributed by atoms with van der Waals surface area (Å²) in [7, 11) is 0. The van der Waals surface area contributed by atoms with E-state index in [0.717, 1.165) is 0 Å². The van der Waals surface area contributed by atoms with Gasteiger partial charge >= 0.3 is 17.9 Å². The lowest BCUT2D eigenvalue weighted by Gasteiger charge is -2.26. The van der Waals surface area contributed by atoms with Crippen LogP contribution in [0.1, 0.15) is 40.5 Å². The van der Waals surface area contributed by atoms with Crippen LogP contribution in [0, 0.1) is 11.8 Å². The maximum atomic E-state index is 12.6. The van der Waals surface area contributed by atoms with Crippen LogP contribution in [0.5, 0.6) is 0 Å². The second-order valence-electron chi connectivity index (χ2n) is 7.66. The van der Waals surface area contributed by atoms with Crippen LogP contribution in [0.25, 0.3) is 0 Å². The van der Waals surface area contributed by atoms with Crippen molar-refractivity contribution in [2.75, 3.05) is 0 Å². The first-order chi connectivity index (χ1) is 14.2. The summed E-state index contributed by atoms with van der Waals surface area (Å²) in [5, 5.41) is 33.6. The third-order valence-corrected chi connectivity index (χ3v) is 4.22. The zero-order valence-corrected chi connectivity index (χ0v) is 17.7. The summed E-state index contributed by atoms with van der Waals surface area (Å²) < 4.78 is 0. The molecule has 0 aliphatic heterocycles. The first-order valence-electron chi connectivity index (χ1n) is 9.50. The van der Waals surface area contributed by atoms with Crippen molar-refractivity contribution in [3.05, 3.63) is 0 Å². The molecule has 31 heavy (non-hydrogen) atoms. The maximum Gasteiger partial charge on any atom is 0.326 e. The molecule has 0 radical (unpaired) electrons. The zero-order chi connectivity index (χ0) is 24.5. The molecule has 4 unspecified atom stereocenters. The van der Waals surface area contributed by atoms with Gasteiger partial charge in [-0.05, 0) is 11.8 Å². The predicted molar refractivity (Wildman–Crippen MR) is 106 cm³/mol. The summed E-state index contributed by atoms with van der Waals surface area (Å²) in [5.41, 5.74) is 5.47. The molecule has 0 aromatic carbocycles. The van der Waals surface area contributed by atoms with Crippen LogP contribution in [-0.4, -0.2) is 75.1 Å². The van der Waals surface area contributed by atoms with Crippen LogP contribution < -0.4 is 21.7 Å². The Labute approximate surface area is 178 Å². The Hall–Kier alpha value is -3.22. The predicted octanol–water partition coefficient (Wildman–Crippen LogP) is -1.89. The fourth-order valence-electron chi connectivity index (χ4n) is 2.49. The van der Waals surface area contributed by atoms with Crippen LogP contribution in [0.4, 0.5) is 0 Å². The molecule has 0 aromatic heterocycles. The number of rotatable bonds is 13. The number of aliphatic carboxylic acids is 3. The van der Waals surface area contributed by atoms with Gasteiger partial charge in [0.15, 0.2) is 0 Å². The fourth-order valence-corrected chi connectivity index (χ4v) is 2.49. The Morgan fingerprint density at radius 3 is 1.52 bits per heavy atom. The van der Waals surface area contributed by atoms with Gasteiger partial charge in [0.1, 0.15) is 18.1 Å². The average molecular weight is 446 g/mol. The number of hydrogen-bond acceptors (Lipinski definition) is 7. The van der Waals surface area contributed by atoms with Gasteiger partial charge in [0.05, 0.1) is 18.9 Å². The van der Waals surface area contributed by atoms with E-state index in [1.54, 1.807) is 13.8 Å². The summed E-state index contributed by atoms with van der Waals surface area (Å²) in [4.78, 5) is 70.3. The van der Waals surface area contributed by atoms with Gasteiger partial charge in [-0.2, -0.15) is 0 Å². The van der Waals surface area contributed by atoms with Gasteiger partial charge in [-0.3, -0.25) is 24.0 Å². The third kappa shape index (κ3) is 9.89. The number of carbonyl (C=O) groups is 6. The quantitative estimate of drug-likeness (QED) is 0.166. The van der Waals surface area contributed by atoms with E-state index < -0.39 is 84.5 Å². The van der Waals surface area contributed by atoms with E-state index in [1.165, 1.54) is 13.8 Å². The van der Waals surface area contributed by atoms with Gasteiger partial charge in [-0.15, -0.1) is 0 Å². The number of amides is 3. The van der Waals surface area contributed by atoms with E-state index in [2.05, 4.69) is 16.0 Å². The largest absolute Gasteiger partial charge is 0.481 e. The first kappa shape index (κ1) is 27.8. The summed E-state index contributed by atoms with van der Waals surface area (Å²) >= 11 is 0. The molecule has 176 valence electrons. The smallest absolute Gasteiger partial charge is 0.326 e. The number of nitrogens with one attached hydrogen (secondary N) is 3. The van der Waals surface area contributed by atoms with Gasteiger partial charge in [0.2, 0.25) is 17.7 Å². The van der Waals surface area contributed by atoms with Crippen LogP contribution in [0.2, 0.25) is 0 Å². The molecule has 0 aromatic rings. The zero-order valence-electron chi connectivity index (χ0n) is 17.7. The van der Waals surface area contributed by atoms with Crippen molar-refractivity contribution >= 4 is 35.6 Å². The number of carboxylic acids is 3. The first-order valence-corrected chi connectivity index (χ1v) is 9.50. The maximum absolute atomic E-state index is 12.6. The molecule has 0 heterocycles. The summed E-state index contributed by atoms with van der Waals surface area (Å²) in [6.07, 6.45) is -1.51. The van der Waals surface area contributed by atoms with Crippen LogP contribution in [-0.2, 0) is 28.8 Å². The normalized spacial score (nSPS) is 14.8. The van der Waals surface area contributed by atoms with Crippen LogP contribution in [0.15, 0.2) is 0 Å². The SMILES string of the molecule is CC(C)C(NC(=O)C(CC(=O)O)NC(=O)C(NC(=O)C(N)CC(=O)O)C(C)C)C(=O)O. The van der Waals surface area contributed by atoms with E-state index in [4.69, 9.17) is 15.9 Å². The fraction of sp³-hybridized carbons (Fsp3) is 0.667. The molecule has 0 saturated carbocycles.